The predicted molar refractivity (Wildman–Crippen MR) is 134 cm³/mol. The summed E-state index contributed by atoms with van der Waals surface area (Å²) in [6.45, 7) is 0.217. The molecule has 0 radical (unpaired) electrons. The molecule has 8 heteroatoms. The van der Waals surface area contributed by atoms with Gasteiger partial charge in [-0.2, -0.15) is 0 Å². The summed E-state index contributed by atoms with van der Waals surface area (Å²) in [5, 5.41) is 12.5. The SMILES string of the molecule is O=C(NC1CCCCCC1C(=O)N1CSCC1C(=O)O)OCC1c2ccccc2-c2ccccc21. The second-order valence-corrected chi connectivity index (χ2v) is 10.5. The number of carbonyl (C=O) groups excluding carboxylic acids is 2. The van der Waals surface area contributed by atoms with Gasteiger partial charge in [-0.3, -0.25) is 4.79 Å². The summed E-state index contributed by atoms with van der Waals surface area (Å²) in [5.41, 5.74) is 4.64. The molecule has 35 heavy (non-hydrogen) atoms. The van der Waals surface area contributed by atoms with E-state index < -0.39 is 24.0 Å². The Morgan fingerprint density at radius 1 is 0.971 bits per heavy atom. The fourth-order valence-electron chi connectivity index (χ4n) is 5.64. The van der Waals surface area contributed by atoms with Gasteiger partial charge in [0.1, 0.15) is 12.6 Å². The van der Waals surface area contributed by atoms with E-state index in [1.165, 1.54) is 27.8 Å². The molecule has 1 saturated heterocycles. The molecule has 2 N–H and O–H groups in total. The lowest BCUT2D eigenvalue weighted by Crippen LogP contribution is -2.51. The predicted octanol–water partition coefficient (Wildman–Crippen LogP) is 4.46. The quantitative estimate of drug-likeness (QED) is 0.596. The summed E-state index contributed by atoms with van der Waals surface area (Å²) in [6.07, 6.45) is 3.58. The van der Waals surface area contributed by atoms with E-state index in [-0.39, 0.29) is 24.5 Å². The third kappa shape index (κ3) is 4.76. The van der Waals surface area contributed by atoms with Crippen LogP contribution in [-0.2, 0) is 14.3 Å². The first-order valence-corrected chi connectivity index (χ1v) is 13.4. The van der Waals surface area contributed by atoms with Crippen molar-refractivity contribution in [3.8, 4) is 11.1 Å². The Kier molecular flexibility index (Phi) is 7.00. The van der Waals surface area contributed by atoms with Gasteiger partial charge in [-0.1, -0.05) is 67.8 Å². The average Bonchev–Trinajstić information content (AvgIpc) is 3.40. The van der Waals surface area contributed by atoms with Crippen LogP contribution in [0, 0.1) is 5.92 Å². The van der Waals surface area contributed by atoms with E-state index >= 15 is 0 Å². The van der Waals surface area contributed by atoms with Gasteiger partial charge in [-0.15, -0.1) is 11.8 Å². The second kappa shape index (κ2) is 10.3. The van der Waals surface area contributed by atoms with Gasteiger partial charge in [0.15, 0.2) is 0 Å². The number of alkyl carbamates (subject to hydrolysis) is 1. The van der Waals surface area contributed by atoms with Gasteiger partial charge in [0.25, 0.3) is 0 Å². The fourth-order valence-corrected chi connectivity index (χ4v) is 6.80. The number of ether oxygens (including phenoxy) is 1. The highest BCUT2D eigenvalue weighted by molar-refractivity contribution is 7.99. The largest absolute Gasteiger partial charge is 0.480 e. The molecule has 2 aromatic carbocycles. The minimum Gasteiger partial charge on any atom is -0.480 e. The minimum absolute atomic E-state index is 0.0299. The van der Waals surface area contributed by atoms with Gasteiger partial charge >= 0.3 is 12.1 Å². The summed E-state index contributed by atoms with van der Waals surface area (Å²) in [5.74, 6) is -0.829. The zero-order chi connectivity index (χ0) is 24.4. The van der Waals surface area contributed by atoms with Gasteiger partial charge in [-0.25, -0.2) is 9.59 Å². The fraction of sp³-hybridized carbons (Fsp3) is 0.444. The Hall–Kier alpha value is -3.00. The molecule has 3 aliphatic rings. The van der Waals surface area contributed by atoms with Crippen LogP contribution in [-0.4, -0.2) is 58.3 Å². The van der Waals surface area contributed by atoms with E-state index in [1.807, 2.05) is 24.3 Å². The first-order valence-electron chi connectivity index (χ1n) is 12.3. The smallest absolute Gasteiger partial charge is 0.407 e. The van der Waals surface area contributed by atoms with Crippen LogP contribution in [0.2, 0.25) is 0 Å². The van der Waals surface area contributed by atoms with Crippen LogP contribution in [0.1, 0.15) is 49.1 Å². The number of amides is 2. The summed E-state index contributed by atoms with van der Waals surface area (Å²) in [4.78, 5) is 39.4. The number of hydrogen-bond donors (Lipinski definition) is 2. The number of carboxylic acid groups (broad SMARTS) is 1. The normalized spacial score (nSPS) is 23.8. The summed E-state index contributed by atoms with van der Waals surface area (Å²) >= 11 is 1.45. The zero-order valence-electron chi connectivity index (χ0n) is 19.5. The molecule has 0 bridgehead atoms. The van der Waals surface area contributed by atoms with E-state index in [4.69, 9.17) is 4.74 Å². The highest BCUT2D eigenvalue weighted by Gasteiger charge is 2.41. The van der Waals surface area contributed by atoms with Crippen LogP contribution in [0.4, 0.5) is 4.79 Å². The molecular weight excluding hydrogens is 464 g/mol. The summed E-state index contributed by atoms with van der Waals surface area (Å²) in [6, 6.07) is 15.2. The summed E-state index contributed by atoms with van der Waals surface area (Å²) < 4.78 is 5.72. The third-order valence-electron chi connectivity index (χ3n) is 7.43. The standard InChI is InChI=1S/C27H30N2O5S/c30-25(29-16-35-15-24(29)26(31)32)21-12-2-1-3-13-23(21)28-27(33)34-14-22-19-10-6-4-8-17(19)18-9-5-7-11-20(18)22/h4-11,21-24H,1-3,12-16H2,(H,28,33)(H,31,32). The van der Waals surface area contributed by atoms with E-state index in [1.54, 1.807) is 0 Å². The molecule has 2 aliphatic carbocycles. The van der Waals surface area contributed by atoms with E-state index in [0.717, 1.165) is 30.4 Å². The first-order chi connectivity index (χ1) is 17.0. The van der Waals surface area contributed by atoms with Crippen LogP contribution in [0.5, 0.6) is 0 Å². The van der Waals surface area contributed by atoms with Gasteiger partial charge in [0, 0.05) is 17.7 Å². The Labute approximate surface area is 209 Å². The molecule has 2 aromatic rings. The zero-order valence-corrected chi connectivity index (χ0v) is 20.3. The molecule has 3 atom stereocenters. The van der Waals surface area contributed by atoms with Crippen molar-refractivity contribution in [3.63, 3.8) is 0 Å². The van der Waals surface area contributed by atoms with Crippen molar-refractivity contribution >= 4 is 29.7 Å². The molecular formula is C27H30N2O5S. The van der Waals surface area contributed by atoms with Crippen LogP contribution in [0.3, 0.4) is 0 Å². The Morgan fingerprint density at radius 2 is 1.63 bits per heavy atom. The van der Waals surface area contributed by atoms with Crippen molar-refractivity contribution in [1.29, 1.82) is 0 Å². The molecule has 1 heterocycles. The molecule has 0 spiro atoms. The number of benzene rings is 2. The molecule has 2 amide bonds. The van der Waals surface area contributed by atoms with Crippen LogP contribution < -0.4 is 5.32 Å². The maximum absolute atomic E-state index is 13.4. The number of nitrogens with one attached hydrogen (secondary N) is 1. The highest BCUT2D eigenvalue weighted by Crippen LogP contribution is 2.44. The van der Waals surface area contributed by atoms with Crippen LogP contribution in [0.25, 0.3) is 11.1 Å². The van der Waals surface area contributed by atoms with E-state index in [0.29, 0.717) is 24.5 Å². The van der Waals surface area contributed by atoms with Crippen molar-refractivity contribution in [2.75, 3.05) is 18.2 Å². The number of fused-ring (bicyclic) bond motifs is 3. The number of carbonyl (C=O) groups is 3. The van der Waals surface area contributed by atoms with Gasteiger partial charge < -0.3 is 20.1 Å². The number of aliphatic carboxylic acids is 1. The van der Waals surface area contributed by atoms with Crippen LogP contribution in [0.15, 0.2) is 48.5 Å². The van der Waals surface area contributed by atoms with E-state index in [9.17, 15) is 19.5 Å². The highest BCUT2D eigenvalue weighted by atomic mass is 32.2. The topological polar surface area (TPSA) is 95.9 Å². The van der Waals surface area contributed by atoms with Gasteiger partial charge in [0.2, 0.25) is 5.91 Å². The summed E-state index contributed by atoms with van der Waals surface area (Å²) in [7, 11) is 0. The Balaban J connectivity index is 1.26. The first kappa shape index (κ1) is 23.7. The van der Waals surface area contributed by atoms with Gasteiger partial charge in [0.05, 0.1) is 11.8 Å². The molecule has 1 saturated carbocycles. The lowest BCUT2D eigenvalue weighted by Gasteiger charge is -2.30. The van der Waals surface area contributed by atoms with Crippen LogP contribution >= 0.6 is 11.8 Å². The minimum atomic E-state index is -0.974. The lowest BCUT2D eigenvalue weighted by atomic mass is 9.93. The molecule has 3 unspecified atom stereocenters. The molecule has 0 aromatic heterocycles. The van der Waals surface area contributed by atoms with Crippen molar-refractivity contribution < 1.29 is 24.2 Å². The average molecular weight is 495 g/mol. The molecule has 2 fully saturated rings. The number of carboxylic acids is 1. The van der Waals surface area contributed by atoms with Gasteiger partial charge in [-0.05, 0) is 35.1 Å². The Bertz CT molecular complexity index is 1080. The maximum atomic E-state index is 13.4. The molecule has 184 valence electrons. The second-order valence-electron chi connectivity index (χ2n) is 9.48. The number of nitrogens with zero attached hydrogens (tertiary/aromatic N) is 1. The lowest BCUT2D eigenvalue weighted by molar-refractivity contribution is -0.150. The van der Waals surface area contributed by atoms with Crippen molar-refractivity contribution in [3.05, 3.63) is 59.7 Å². The number of rotatable bonds is 5. The number of hydrogen-bond acceptors (Lipinski definition) is 5. The monoisotopic (exact) mass is 494 g/mol. The Morgan fingerprint density at radius 3 is 2.31 bits per heavy atom. The van der Waals surface area contributed by atoms with Crippen molar-refractivity contribution in [2.45, 2.75) is 50.1 Å². The maximum Gasteiger partial charge on any atom is 0.407 e. The molecule has 1 aliphatic heterocycles. The molecule has 7 nitrogen and oxygen atoms in total. The van der Waals surface area contributed by atoms with E-state index in [2.05, 4.69) is 29.6 Å². The third-order valence-corrected chi connectivity index (χ3v) is 8.44. The van der Waals surface area contributed by atoms with Crippen molar-refractivity contribution in [1.82, 2.24) is 10.2 Å². The number of thioether (sulfide) groups is 1. The van der Waals surface area contributed by atoms with Crippen molar-refractivity contribution in [2.24, 2.45) is 5.92 Å². The molecule has 5 rings (SSSR count).